The van der Waals surface area contributed by atoms with E-state index >= 15 is 0 Å². The summed E-state index contributed by atoms with van der Waals surface area (Å²) in [6.45, 7) is 0.432. The first-order valence-electron chi connectivity index (χ1n) is 12.2. The summed E-state index contributed by atoms with van der Waals surface area (Å²) in [5.74, 6) is -3.80. The second-order valence-corrected chi connectivity index (χ2v) is 9.27. The standard InChI is InChI=1S/C23H26N6O5S.C2HF3O2/c30-20(21-29-28-19(35-21)11-5-7-13-25-18-10-4-6-12-24-18)26-14-17(22(31)32)27-23(33)34-15-16-8-2-1-3-9-16;3-2(4,5)1(6)7/h1-4,6,8-10,12,17H,5,7,11,13-15H2,(H,24,25)(H,26,30)(H,27,33)(H,31,32);(H,6,7). The van der Waals surface area contributed by atoms with Crippen molar-refractivity contribution in [3.63, 3.8) is 0 Å². The van der Waals surface area contributed by atoms with E-state index in [0.717, 1.165) is 42.1 Å². The highest BCUT2D eigenvalue weighted by Crippen LogP contribution is 2.14. The highest BCUT2D eigenvalue weighted by molar-refractivity contribution is 7.13. The minimum Gasteiger partial charge on any atom is -0.480 e. The van der Waals surface area contributed by atoms with E-state index < -0.39 is 36.2 Å². The Bertz CT molecular complexity index is 1300. The van der Waals surface area contributed by atoms with Crippen molar-refractivity contribution in [2.45, 2.75) is 38.1 Å². The van der Waals surface area contributed by atoms with Gasteiger partial charge in [0.05, 0.1) is 0 Å². The molecule has 2 amide bonds. The smallest absolute Gasteiger partial charge is 0.480 e. The molecule has 0 saturated carbocycles. The molecule has 0 spiro atoms. The van der Waals surface area contributed by atoms with Crippen molar-refractivity contribution < 1.29 is 47.3 Å². The summed E-state index contributed by atoms with van der Waals surface area (Å²) in [7, 11) is 0. The third kappa shape index (κ3) is 13.0. The highest BCUT2D eigenvalue weighted by atomic mass is 32.1. The maximum atomic E-state index is 12.4. The first-order valence-corrected chi connectivity index (χ1v) is 13.0. The van der Waals surface area contributed by atoms with Crippen molar-refractivity contribution in [2.75, 3.05) is 18.4 Å². The molecule has 2 heterocycles. The van der Waals surface area contributed by atoms with Gasteiger partial charge in [0.15, 0.2) is 0 Å². The number of amides is 2. The maximum absolute atomic E-state index is 12.4. The number of hydrogen-bond donors (Lipinski definition) is 5. The number of hydrogen-bond acceptors (Lipinski definition) is 10. The SMILES string of the molecule is O=C(NC(CNC(=O)c1nnc(CCCCNc2ccccn2)s1)C(=O)O)OCc1ccccc1.O=C(O)C(F)(F)F. The monoisotopic (exact) mass is 612 g/mol. The van der Waals surface area contributed by atoms with Crippen molar-refractivity contribution >= 4 is 41.1 Å². The van der Waals surface area contributed by atoms with Crippen molar-refractivity contribution in [3.8, 4) is 0 Å². The van der Waals surface area contributed by atoms with E-state index in [4.69, 9.17) is 14.6 Å². The number of aromatic nitrogens is 3. The summed E-state index contributed by atoms with van der Waals surface area (Å²) < 4.78 is 36.8. The fourth-order valence-corrected chi connectivity index (χ4v) is 3.71. The number of benzene rings is 1. The molecule has 42 heavy (non-hydrogen) atoms. The Morgan fingerprint density at radius 2 is 1.67 bits per heavy atom. The number of alkyl halides is 3. The van der Waals surface area contributed by atoms with Gasteiger partial charge < -0.3 is 30.9 Å². The average molecular weight is 613 g/mol. The minimum atomic E-state index is -5.08. The number of pyridine rings is 1. The summed E-state index contributed by atoms with van der Waals surface area (Å²) in [6.07, 6.45) is -1.84. The largest absolute Gasteiger partial charge is 0.490 e. The van der Waals surface area contributed by atoms with Crippen LogP contribution >= 0.6 is 11.3 Å². The lowest BCUT2D eigenvalue weighted by molar-refractivity contribution is -0.192. The number of alkyl carbamates (subject to hydrolysis) is 1. The summed E-state index contributed by atoms with van der Waals surface area (Å²) >= 11 is 1.15. The summed E-state index contributed by atoms with van der Waals surface area (Å²) in [6, 6.07) is 13.3. The number of aliphatic carboxylic acids is 2. The van der Waals surface area contributed by atoms with Crippen molar-refractivity contribution in [2.24, 2.45) is 0 Å². The van der Waals surface area contributed by atoms with E-state index in [1.54, 1.807) is 30.5 Å². The molecule has 17 heteroatoms. The Labute approximate surface area is 241 Å². The molecule has 0 aliphatic rings. The molecule has 3 aromatic rings. The topological polar surface area (TPSA) is 193 Å². The molecule has 2 aromatic heterocycles. The van der Waals surface area contributed by atoms with Gasteiger partial charge in [0.2, 0.25) is 5.01 Å². The molecule has 0 fully saturated rings. The average Bonchev–Trinajstić information content (AvgIpc) is 3.44. The van der Waals surface area contributed by atoms with Gasteiger partial charge in [0.1, 0.15) is 23.5 Å². The Kier molecular flexibility index (Phi) is 13.6. The first-order chi connectivity index (χ1) is 20.0. The van der Waals surface area contributed by atoms with Crippen molar-refractivity contribution in [1.82, 2.24) is 25.8 Å². The number of carbonyl (C=O) groups is 4. The van der Waals surface area contributed by atoms with Gasteiger partial charge >= 0.3 is 24.2 Å². The zero-order valence-corrected chi connectivity index (χ0v) is 22.7. The molecular formula is C25H27F3N6O7S. The fraction of sp³-hybridized carbons (Fsp3) is 0.320. The lowest BCUT2D eigenvalue weighted by atomic mass is 10.2. The molecule has 1 aromatic carbocycles. The second-order valence-electron chi connectivity index (χ2n) is 8.21. The van der Waals surface area contributed by atoms with Gasteiger partial charge in [-0.05, 0) is 30.5 Å². The summed E-state index contributed by atoms with van der Waals surface area (Å²) in [5.41, 5.74) is 0.763. The Balaban J connectivity index is 0.000000782. The molecule has 5 N–H and O–H groups in total. The minimum absolute atomic E-state index is 0.00185. The lowest BCUT2D eigenvalue weighted by Gasteiger charge is -2.15. The number of carboxylic acids is 2. The van der Waals surface area contributed by atoms with E-state index in [9.17, 15) is 32.7 Å². The quantitative estimate of drug-likeness (QED) is 0.178. The van der Waals surface area contributed by atoms with Crippen LogP contribution in [-0.2, 0) is 27.4 Å². The van der Waals surface area contributed by atoms with Crippen LogP contribution in [0.1, 0.15) is 33.2 Å². The molecule has 1 unspecified atom stereocenters. The molecule has 0 radical (unpaired) electrons. The summed E-state index contributed by atoms with van der Waals surface area (Å²) in [4.78, 5) is 48.9. The van der Waals surface area contributed by atoms with Crippen LogP contribution in [0, 0.1) is 0 Å². The van der Waals surface area contributed by atoms with Crippen LogP contribution in [-0.4, -0.2) is 74.6 Å². The van der Waals surface area contributed by atoms with E-state index in [0.29, 0.717) is 11.4 Å². The number of carboxylic acid groups (broad SMARTS) is 2. The summed E-state index contributed by atoms with van der Waals surface area (Å²) in [5, 5.41) is 33.2. The molecule has 226 valence electrons. The number of nitrogens with one attached hydrogen (secondary N) is 3. The van der Waals surface area contributed by atoms with Crippen LogP contribution in [0.3, 0.4) is 0 Å². The third-order valence-corrected chi connectivity index (χ3v) is 5.94. The zero-order chi connectivity index (χ0) is 31.0. The first kappa shape index (κ1) is 33.4. The lowest BCUT2D eigenvalue weighted by Crippen LogP contribution is -2.48. The third-order valence-electron chi connectivity index (χ3n) is 4.96. The van der Waals surface area contributed by atoms with E-state index in [1.165, 1.54) is 0 Å². The number of nitrogens with zero attached hydrogens (tertiary/aromatic N) is 3. The number of carbonyl (C=O) groups excluding carboxylic acids is 2. The number of rotatable bonds is 13. The number of aryl methyl sites for hydroxylation is 1. The molecule has 13 nitrogen and oxygen atoms in total. The van der Waals surface area contributed by atoms with Crippen LogP contribution in [0.25, 0.3) is 0 Å². The van der Waals surface area contributed by atoms with Gasteiger partial charge in [-0.3, -0.25) is 4.79 Å². The molecule has 1 atom stereocenters. The van der Waals surface area contributed by atoms with Crippen LogP contribution in [0.15, 0.2) is 54.7 Å². The van der Waals surface area contributed by atoms with E-state index in [-0.39, 0.29) is 18.2 Å². The van der Waals surface area contributed by atoms with Crippen LogP contribution < -0.4 is 16.0 Å². The predicted molar refractivity (Wildman–Crippen MR) is 143 cm³/mol. The molecule has 0 aliphatic carbocycles. The Hall–Kier alpha value is -4.80. The molecule has 3 rings (SSSR count). The van der Waals surface area contributed by atoms with Crippen molar-refractivity contribution in [1.29, 1.82) is 0 Å². The molecular weight excluding hydrogens is 585 g/mol. The fourth-order valence-electron chi connectivity index (χ4n) is 2.91. The van der Waals surface area contributed by atoms with Gasteiger partial charge in [0, 0.05) is 25.7 Å². The van der Waals surface area contributed by atoms with Crippen LogP contribution in [0.2, 0.25) is 0 Å². The van der Waals surface area contributed by atoms with Crippen LogP contribution in [0.4, 0.5) is 23.8 Å². The molecule has 0 bridgehead atoms. The van der Waals surface area contributed by atoms with Crippen LogP contribution in [0.5, 0.6) is 0 Å². The number of halogens is 3. The van der Waals surface area contributed by atoms with Gasteiger partial charge in [-0.15, -0.1) is 10.2 Å². The number of ether oxygens (including phenoxy) is 1. The zero-order valence-electron chi connectivity index (χ0n) is 21.8. The molecule has 0 aliphatic heterocycles. The normalized spacial score (nSPS) is 11.3. The number of anilines is 1. The highest BCUT2D eigenvalue weighted by Gasteiger charge is 2.38. The van der Waals surface area contributed by atoms with Gasteiger partial charge in [-0.2, -0.15) is 13.2 Å². The van der Waals surface area contributed by atoms with Crippen molar-refractivity contribution in [3.05, 3.63) is 70.3 Å². The number of unbranched alkanes of at least 4 members (excludes halogenated alkanes) is 1. The maximum Gasteiger partial charge on any atom is 0.490 e. The van der Waals surface area contributed by atoms with Gasteiger partial charge in [0.25, 0.3) is 5.91 Å². The Morgan fingerprint density at radius 1 is 0.976 bits per heavy atom. The van der Waals surface area contributed by atoms with E-state index in [2.05, 4.69) is 31.1 Å². The Morgan fingerprint density at radius 3 is 2.29 bits per heavy atom. The second kappa shape index (κ2) is 17.1. The van der Waals surface area contributed by atoms with E-state index in [1.807, 2.05) is 24.3 Å². The van der Waals surface area contributed by atoms with Gasteiger partial charge in [-0.25, -0.2) is 19.4 Å². The molecule has 0 saturated heterocycles. The predicted octanol–water partition coefficient (Wildman–Crippen LogP) is 3.11. The van der Waals surface area contributed by atoms with Gasteiger partial charge in [-0.1, -0.05) is 47.7 Å².